The van der Waals surface area contributed by atoms with E-state index in [4.69, 9.17) is 9.84 Å². The zero-order valence-electron chi connectivity index (χ0n) is 9.80. The van der Waals surface area contributed by atoms with Crippen molar-refractivity contribution in [2.75, 3.05) is 26.8 Å². The van der Waals surface area contributed by atoms with E-state index in [9.17, 15) is 9.59 Å². The van der Waals surface area contributed by atoms with Gasteiger partial charge in [-0.05, 0) is 18.8 Å². The molecular weight excluding hydrogens is 226 g/mol. The summed E-state index contributed by atoms with van der Waals surface area (Å²) in [5, 5.41) is 8.76. The molecular formula is C11H17NO5. The Morgan fingerprint density at radius 3 is 2.88 bits per heavy atom. The molecule has 0 bridgehead atoms. The predicted molar refractivity (Wildman–Crippen MR) is 59.4 cm³/mol. The molecule has 1 saturated heterocycles. The van der Waals surface area contributed by atoms with Gasteiger partial charge in [0.2, 0.25) is 0 Å². The molecule has 6 heteroatoms. The van der Waals surface area contributed by atoms with E-state index >= 15 is 0 Å². The monoisotopic (exact) mass is 243 g/mol. The van der Waals surface area contributed by atoms with Crippen LogP contribution in [0.3, 0.4) is 0 Å². The molecule has 0 spiro atoms. The second-order valence-corrected chi connectivity index (χ2v) is 3.87. The van der Waals surface area contributed by atoms with Gasteiger partial charge in [-0.2, -0.15) is 0 Å². The quantitative estimate of drug-likeness (QED) is 0.338. The molecule has 0 unspecified atom stereocenters. The highest BCUT2D eigenvalue weighted by atomic mass is 16.5. The van der Waals surface area contributed by atoms with Crippen LogP contribution in [-0.2, 0) is 14.3 Å². The highest BCUT2D eigenvalue weighted by molar-refractivity contribution is 5.81. The average molecular weight is 243 g/mol. The van der Waals surface area contributed by atoms with Crippen LogP contribution in [-0.4, -0.2) is 48.9 Å². The van der Waals surface area contributed by atoms with Crippen LogP contribution < -0.4 is 0 Å². The van der Waals surface area contributed by atoms with Crippen molar-refractivity contribution in [1.29, 1.82) is 0 Å². The number of methoxy groups -OCH3 is 1. The molecule has 96 valence electrons. The zero-order chi connectivity index (χ0) is 12.7. The Kier molecular flexibility index (Phi) is 5.32. The van der Waals surface area contributed by atoms with E-state index in [1.165, 1.54) is 24.3 Å². The van der Waals surface area contributed by atoms with Crippen molar-refractivity contribution in [3.63, 3.8) is 0 Å². The number of carboxylic acid groups (broad SMARTS) is 1. The molecule has 0 radical (unpaired) electrons. The first-order valence-electron chi connectivity index (χ1n) is 5.47. The minimum atomic E-state index is -0.862. The fourth-order valence-electron chi connectivity index (χ4n) is 1.72. The van der Waals surface area contributed by atoms with Gasteiger partial charge in [-0.25, -0.2) is 9.59 Å². The second kappa shape index (κ2) is 6.78. The largest absolute Gasteiger partial charge is 0.501 e. The van der Waals surface area contributed by atoms with Crippen LogP contribution in [0, 0.1) is 5.92 Å². The summed E-state index contributed by atoms with van der Waals surface area (Å²) in [5.41, 5.74) is 0. The molecule has 1 aliphatic heterocycles. The van der Waals surface area contributed by atoms with Crippen molar-refractivity contribution in [2.45, 2.75) is 12.8 Å². The average Bonchev–Trinajstić information content (AvgIpc) is 2.77. The molecule has 0 saturated carbocycles. The molecule has 0 aromatic rings. The number of amides is 1. The molecule has 1 amide bonds. The molecule has 6 nitrogen and oxygen atoms in total. The fourth-order valence-corrected chi connectivity index (χ4v) is 1.72. The van der Waals surface area contributed by atoms with E-state index in [0.29, 0.717) is 25.6 Å². The lowest BCUT2D eigenvalue weighted by atomic mass is 10.1. The maximum Gasteiger partial charge on any atom is 0.407 e. The summed E-state index contributed by atoms with van der Waals surface area (Å²) >= 11 is 0. The van der Waals surface area contributed by atoms with E-state index in [-0.39, 0.29) is 0 Å². The summed E-state index contributed by atoms with van der Waals surface area (Å²) in [6.07, 6.45) is 3.30. The molecule has 1 fully saturated rings. The van der Waals surface area contributed by atoms with Gasteiger partial charge in [0.1, 0.15) is 0 Å². The number of carbonyl (C=O) groups is 2. The number of esters is 1. The van der Waals surface area contributed by atoms with E-state index < -0.39 is 12.1 Å². The van der Waals surface area contributed by atoms with Crippen LogP contribution in [0.25, 0.3) is 0 Å². The van der Waals surface area contributed by atoms with Gasteiger partial charge < -0.3 is 19.5 Å². The maximum atomic E-state index is 10.7. The van der Waals surface area contributed by atoms with E-state index in [1.807, 2.05) is 0 Å². The molecule has 1 N–H and O–H groups in total. The number of carbonyl (C=O) groups excluding carboxylic acids is 1. The molecule has 1 heterocycles. The van der Waals surface area contributed by atoms with Gasteiger partial charge in [-0.15, -0.1) is 0 Å². The highest BCUT2D eigenvalue weighted by Crippen LogP contribution is 2.19. The standard InChI is InChI=1S/C11H17NO5/c1-16-10(13)4-7-17-6-3-9-2-5-12(8-9)11(14)15/h4,7,9H,2-3,5-6,8H2,1H3,(H,14,15)/t9-/m0/s1. The van der Waals surface area contributed by atoms with Crippen LogP contribution in [0.5, 0.6) is 0 Å². The highest BCUT2D eigenvalue weighted by Gasteiger charge is 2.25. The Balaban J connectivity index is 2.10. The maximum absolute atomic E-state index is 10.7. The van der Waals surface area contributed by atoms with Crippen molar-refractivity contribution in [2.24, 2.45) is 5.92 Å². The molecule has 0 aromatic heterocycles. The molecule has 0 aliphatic carbocycles. The van der Waals surface area contributed by atoms with Crippen LogP contribution in [0.15, 0.2) is 12.3 Å². The summed E-state index contributed by atoms with van der Waals surface area (Å²) in [6.45, 7) is 1.64. The first-order valence-corrected chi connectivity index (χ1v) is 5.47. The lowest BCUT2D eigenvalue weighted by molar-refractivity contribution is -0.135. The molecule has 1 atom stereocenters. The first-order chi connectivity index (χ1) is 8.13. The molecule has 0 aromatic carbocycles. The van der Waals surface area contributed by atoms with Crippen molar-refractivity contribution in [1.82, 2.24) is 4.90 Å². The van der Waals surface area contributed by atoms with Crippen molar-refractivity contribution < 1.29 is 24.2 Å². The number of ether oxygens (including phenoxy) is 2. The van der Waals surface area contributed by atoms with Gasteiger partial charge in [0, 0.05) is 13.1 Å². The first kappa shape index (κ1) is 13.3. The number of likely N-dealkylation sites (tertiary alicyclic amines) is 1. The van der Waals surface area contributed by atoms with Gasteiger partial charge in [0.15, 0.2) is 0 Å². The van der Waals surface area contributed by atoms with Gasteiger partial charge in [-0.1, -0.05) is 0 Å². The van der Waals surface area contributed by atoms with Gasteiger partial charge >= 0.3 is 12.1 Å². The van der Waals surface area contributed by atoms with Gasteiger partial charge in [-0.3, -0.25) is 0 Å². The number of nitrogens with zero attached hydrogens (tertiary/aromatic N) is 1. The number of rotatable bonds is 5. The summed E-state index contributed by atoms with van der Waals surface area (Å²) in [7, 11) is 1.30. The zero-order valence-corrected chi connectivity index (χ0v) is 9.80. The molecule has 1 rings (SSSR count). The summed E-state index contributed by atoms with van der Waals surface area (Å²) in [5.74, 6) is -0.111. The third-order valence-corrected chi connectivity index (χ3v) is 2.70. The fraction of sp³-hybridized carbons (Fsp3) is 0.636. The van der Waals surface area contributed by atoms with E-state index in [2.05, 4.69) is 4.74 Å². The molecule has 17 heavy (non-hydrogen) atoms. The van der Waals surface area contributed by atoms with Gasteiger partial charge in [0.05, 0.1) is 26.1 Å². The second-order valence-electron chi connectivity index (χ2n) is 3.87. The lowest BCUT2D eigenvalue weighted by Gasteiger charge is -2.11. The van der Waals surface area contributed by atoms with Crippen molar-refractivity contribution >= 4 is 12.1 Å². The van der Waals surface area contributed by atoms with Crippen LogP contribution in [0.1, 0.15) is 12.8 Å². The predicted octanol–water partition coefficient (Wildman–Crippen LogP) is 1.08. The SMILES string of the molecule is COC(=O)C=COCC[C@@H]1CCN(C(=O)O)C1. The summed E-state index contributed by atoms with van der Waals surface area (Å²) in [4.78, 5) is 22.8. The lowest BCUT2D eigenvalue weighted by Crippen LogP contribution is -2.26. The van der Waals surface area contributed by atoms with Crippen LogP contribution in [0.4, 0.5) is 4.79 Å². The van der Waals surface area contributed by atoms with Crippen LogP contribution in [0.2, 0.25) is 0 Å². The third kappa shape index (κ3) is 4.76. The smallest absolute Gasteiger partial charge is 0.407 e. The Hall–Kier alpha value is -1.72. The number of hydrogen-bond donors (Lipinski definition) is 1. The third-order valence-electron chi connectivity index (χ3n) is 2.70. The van der Waals surface area contributed by atoms with E-state index in [1.54, 1.807) is 0 Å². The Morgan fingerprint density at radius 1 is 1.53 bits per heavy atom. The van der Waals surface area contributed by atoms with Gasteiger partial charge in [0.25, 0.3) is 0 Å². The van der Waals surface area contributed by atoms with Crippen LogP contribution >= 0.6 is 0 Å². The summed E-state index contributed by atoms with van der Waals surface area (Å²) < 4.78 is 9.51. The van der Waals surface area contributed by atoms with Crippen molar-refractivity contribution in [3.05, 3.63) is 12.3 Å². The normalized spacial score (nSPS) is 19.6. The molecule has 1 aliphatic rings. The minimum absolute atomic E-state index is 0.345. The Bertz CT molecular complexity index is 302. The Labute approximate surface area is 99.8 Å². The summed E-state index contributed by atoms with van der Waals surface area (Å²) in [6, 6.07) is 0. The van der Waals surface area contributed by atoms with E-state index in [0.717, 1.165) is 12.8 Å². The minimum Gasteiger partial charge on any atom is -0.501 e. The number of hydrogen-bond acceptors (Lipinski definition) is 4. The Morgan fingerprint density at radius 2 is 2.29 bits per heavy atom. The van der Waals surface area contributed by atoms with Crippen molar-refractivity contribution in [3.8, 4) is 0 Å². The topological polar surface area (TPSA) is 76.1 Å².